The molecule has 2 aliphatic heterocycles. The minimum absolute atomic E-state index is 0.239. The van der Waals surface area contributed by atoms with Gasteiger partial charge in [0.05, 0.1) is 5.69 Å². The lowest BCUT2D eigenvalue weighted by atomic mass is 9.82. The van der Waals surface area contributed by atoms with Gasteiger partial charge in [-0.3, -0.25) is 4.79 Å². The summed E-state index contributed by atoms with van der Waals surface area (Å²) < 4.78 is 0. The second-order valence-corrected chi connectivity index (χ2v) is 9.57. The number of amides is 3. The van der Waals surface area contributed by atoms with Crippen LogP contribution in [-0.4, -0.2) is 48.5 Å². The molecule has 2 aliphatic rings. The lowest BCUT2D eigenvalue weighted by Gasteiger charge is -2.38. The first kappa shape index (κ1) is 22.8. The molecule has 0 spiro atoms. The molecule has 0 unspecified atom stereocenters. The van der Waals surface area contributed by atoms with Crippen LogP contribution in [0, 0.1) is 12.3 Å². The number of aryl methyl sites for hydroxylation is 1. The minimum Gasteiger partial charge on any atom is -0.356 e. The molecule has 3 amide bonds. The van der Waals surface area contributed by atoms with E-state index in [0.717, 1.165) is 48.6 Å². The van der Waals surface area contributed by atoms with Crippen molar-refractivity contribution in [1.82, 2.24) is 10.2 Å². The Morgan fingerprint density at radius 3 is 2.55 bits per heavy atom. The van der Waals surface area contributed by atoms with E-state index in [4.69, 9.17) is 4.99 Å². The average molecular weight is 448 g/mol. The van der Waals surface area contributed by atoms with Crippen LogP contribution in [0.15, 0.2) is 53.5 Å². The van der Waals surface area contributed by atoms with Crippen LogP contribution < -0.4 is 15.5 Å². The number of hydrogen-bond donors (Lipinski definition) is 2. The summed E-state index contributed by atoms with van der Waals surface area (Å²) in [4.78, 5) is 35.1. The summed E-state index contributed by atoms with van der Waals surface area (Å²) >= 11 is 0. The molecule has 0 aromatic heterocycles. The Morgan fingerprint density at radius 1 is 1.12 bits per heavy atom. The Hall–Kier alpha value is -3.35. The molecule has 0 saturated carbocycles. The molecule has 1 saturated heterocycles. The Morgan fingerprint density at radius 2 is 1.85 bits per heavy atom. The molecule has 0 radical (unpaired) electrons. The van der Waals surface area contributed by atoms with Gasteiger partial charge in [0.25, 0.3) is 5.91 Å². The molecule has 2 aromatic carbocycles. The number of carbonyl (C=O) groups is 2. The van der Waals surface area contributed by atoms with Gasteiger partial charge in [-0.25, -0.2) is 9.79 Å². The molecule has 33 heavy (non-hydrogen) atoms. The summed E-state index contributed by atoms with van der Waals surface area (Å²) in [5.74, 6) is 0.530. The average Bonchev–Trinajstić information content (AvgIpc) is 2.88. The largest absolute Gasteiger partial charge is 0.356 e. The van der Waals surface area contributed by atoms with Crippen molar-refractivity contribution in [2.24, 2.45) is 10.4 Å². The number of amidine groups is 1. The van der Waals surface area contributed by atoms with Crippen molar-refractivity contribution in [2.45, 2.75) is 46.7 Å². The van der Waals surface area contributed by atoms with Crippen LogP contribution in [0.5, 0.6) is 0 Å². The molecule has 2 heterocycles. The first-order valence-electron chi connectivity index (χ1n) is 11.6. The molecule has 1 fully saturated rings. The highest BCUT2D eigenvalue weighted by Crippen LogP contribution is 2.33. The number of likely N-dealkylation sites (N-methyl/N-ethyl adjacent to an activating group) is 1. The van der Waals surface area contributed by atoms with Crippen molar-refractivity contribution >= 4 is 29.1 Å². The molecular weight excluding hydrogens is 414 g/mol. The van der Waals surface area contributed by atoms with Gasteiger partial charge >= 0.3 is 6.03 Å². The standard InChI is InChI=1S/C26H33N5O2/c1-5-31-21-12-7-6-11-20(21)23(30-15-13-26(3,4)14-16-30)28-22(24(31)32)29-25(33)27-19-10-8-9-18(2)17-19/h6-12,17,22H,5,13-16H2,1-4H3,(H2,27,29,33)/t22-/m0/s1. The van der Waals surface area contributed by atoms with Crippen LogP contribution in [0.25, 0.3) is 0 Å². The molecule has 7 heteroatoms. The van der Waals surface area contributed by atoms with Gasteiger partial charge in [-0.1, -0.05) is 38.1 Å². The zero-order valence-corrected chi connectivity index (χ0v) is 19.9. The van der Waals surface area contributed by atoms with Gasteiger partial charge < -0.3 is 20.4 Å². The highest BCUT2D eigenvalue weighted by molar-refractivity contribution is 6.12. The number of benzodiazepines with no additional fused rings is 1. The number of benzene rings is 2. The van der Waals surface area contributed by atoms with Crippen molar-refractivity contribution < 1.29 is 9.59 Å². The van der Waals surface area contributed by atoms with E-state index in [9.17, 15) is 9.59 Å². The first-order chi connectivity index (χ1) is 15.8. The highest BCUT2D eigenvalue weighted by atomic mass is 16.2. The number of anilines is 2. The number of rotatable bonds is 3. The summed E-state index contributed by atoms with van der Waals surface area (Å²) in [6.07, 6.45) is 1.09. The van der Waals surface area contributed by atoms with E-state index in [0.29, 0.717) is 12.2 Å². The summed E-state index contributed by atoms with van der Waals surface area (Å²) in [6.45, 7) is 10.7. The van der Waals surface area contributed by atoms with Gasteiger partial charge in [0.1, 0.15) is 5.84 Å². The fraction of sp³-hybridized carbons (Fsp3) is 0.423. The monoisotopic (exact) mass is 447 g/mol. The zero-order chi connectivity index (χ0) is 23.6. The fourth-order valence-electron chi connectivity index (χ4n) is 4.42. The zero-order valence-electron chi connectivity index (χ0n) is 19.9. The lowest BCUT2D eigenvalue weighted by Crippen LogP contribution is -2.49. The number of carbonyl (C=O) groups excluding carboxylic acids is 2. The Bertz CT molecular complexity index is 1070. The van der Waals surface area contributed by atoms with E-state index >= 15 is 0 Å². The summed E-state index contributed by atoms with van der Waals surface area (Å²) in [5.41, 5.74) is 3.76. The number of aliphatic imine (C=N–C) groups is 1. The second kappa shape index (κ2) is 9.25. The van der Waals surface area contributed by atoms with Gasteiger partial charge in [0, 0.05) is 30.9 Å². The van der Waals surface area contributed by atoms with Gasteiger partial charge in [-0.05, 0) is 61.9 Å². The van der Waals surface area contributed by atoms with Crippen LogP contribution in [-0.2, 0) is 4.79 Å². The number of nitrogens with one attached hydrogen (secondary N) is 2. The molecular formula is C26H33N5O2. The summed E-state index contributed by atoms with van der Waals surface area (Å²) in [7, 11) is 0. The number of para-hydroxylation sites is 1. The molecule has 7 nitrogen and oxygen atoms in total. The van der Waals surface area contributed by atoms with Gasteiger partial charge in [0.15, 0.2) is 0 Å². The van der Waals surface area contributed by atoms with Gasteiger partial charge in [-0.2, -0.15) is 0 Å². The first-order valence-corrected chi connectivity index (χ1v) is 11.6. The second-order valence-electron chi connectivity index (χ2n) is 9.57. The molecule has 174 valence electrons. The number of piperidine rings is 1. The molecule has 0 aliphatic carbocycles. The molecule has 2 aromatic rings. The van der Waals surface area contributed by atoms with Crippen molar-refractivity contribution in [3.8, 4) is 0 Å². The van der Waals surface area contributed by atoms with E-state index < -0.39 is 12.2 Å². The van der Waals surface area contributed by atoms with Crippen LogP contribution >= 0.6 is 0 Å². The predicted octanol–water partition coefficient (Wildman–Crippen LogP) is 4.38. The number of fused-ring (bicyclic) bond motifs is 1. The van der Waals surface area contributed by atoms with Crippen LogP contribution in [0.4, 0.5) is 16.2 Å². The molecule has 1 atom stereocenters. The molecule has 4 rings (SSSR count). The molecule has 2 N–H and O–H groups in total. The maximum Gasteiger partial charge on any atom is 0.321 e. The van der Waals surface area contributed by atoms with Crippen LogP contribution in [0.2, 0.25) is 0 Å². The topological polar surface area (TPSA) is 77.0 Å². The third-order valence-corrected chi connectivity index (χ3v) is 6.46. The van der Waals surface area contributed by atoms with Gasteiger partial charge in [-0.15, -0.1) is 0 Å². The van der Waals surface area contributed by atoms with Crippen LogP contribution in [0.3, 0.4) is 0 Å². The fourth-order valence-corrected chi connectivity index (χ4v) is 4.42. The Labute approximate surface area is 195 Å². The third-order valence-electron chi connectivity index (χ3n) is 6.46. The summed E-state index contributed by atoms with van der Waals surface area (Å²) in [6, 6.07) is 15.0. The van der Waals surface area contributed by atoms with Crippen molar-refractivity contribution in [3.63, 3.8) is 0 Å². The third kappa shape index (κ3) is 5.02. The van der Waals surface area contributed by atoms with E-state index in [-0.39, 0.29) is 11.3 Å². The number of hydrogen-bond acceptors (Lipinski definition) is 4. The van der Waals surface area contributed by atoms with E-state index in [2.05, 4.69) is 29.4 Å². The number of likely N-dealkylation sites (tertiary alicyclic amines) is 1. The van der Waals surface area contributed by atoms with Crippen molar-refractivity contribution in [3.05, 3.63) is 59.7 Å². The van der Waals surface area contributed by atoms with Crippen LogP contribution in [0.1, 0.15) is 44.7 Å². The normalized spacial score (nSPS) is 19.9. The predicted molar refractivity (Wildman–Crippen MR) is 133 cm³/mol. The van der Waals surface area contributed by atoms with Gasteiger partial charge in [0.2, 0.25) is 6.17 Å². The SMILES string of the molecule is CCN1C(=O)[C@H](NC(=O)Nc2cccc(C)c2)N=C(N2CCC(C)(C)CC2)c2ccccc21. The number of nitrogens with zero attached hydrogens (tertiary/aromatic N) is 3. The minimum atomic E-state index is -1.01. The van der Waals surface area contributed by atoms with Crippen molar-refractivity contribution in [2.75, 3.05) is 29.9 Å². The highest BCUT2D eigenvalue weighted by Gasteiger charge is 2.35. The van der Waals surface area contributed by atoms with E-state index in [1.165, 1.54) is 0 Å². The Balaban J connectivity index is 1.65. The molecule has 0 bridgehead atoms. The van der Waals surface area contributed by atoms with E-state index in [1.807, 2.05) is 62.4 Å². The maximum absolute atomic E-state index is 13.5. The number of urea groups is 1. The van der Waals surface area contributed by atoms with Crippen molar-refractivity contribution in [1.29, 1.82) is 0 Å². The summed E-state index contributed by atoms with van der Waals surface area (Å²) in [5, 5.41) is 5.63. The smallest absolute Gasteiger partial charge is 0.321 e. The van der Waals surface area contributed by atoms with E-state index in [1.54, 1.807) is 4.90 Å². The maximum atomic E-state index is 13.5. The lowest BCUT2D eigenvalue weighted by molar-refractivity contribution is -0.120. The Kier molecular flexibility index (Phi) is 6.40. The quantitative estimate of drug-likeness (QED) is 0.733.